The number of benzene rings is 1. The Labute approximate surface area is 111 Å². The van der Waals surface area contributed by atoms with Crippen molar-refractivity contribution in [2.24, 2.45) is 0 Å². The van der Waals surface area contributed by atoms with E-state index >= 15 is 0 Å². The highest BCUT2D eigenvalue weighted by atomic mass is 15.2. The topological polar surface area (TPSA) is 15.3 Å². The maximum atomic E-state index is 3.40. The van der Waals surface area contributed by atoms with E-state index in [2.05, 4.69) is 55.4 Å². The van der Waals surface area contributed by atoms with Gasteiger partial charge < -0.3 is 5.32 Å². The zero-order valence-electron chi connectivity index (χ0n) is 11.9. The smallest absolute Gasteiger partial charge is 0.0346 e. The molecule has 2 nitrogen and oxygen atoms in total. The first-order valence-corrected chi connectivity index (χ1v) is 7.28. The zero-order chi connectivity index (χ0) is 13.0. The Morgan fingerprint density at radius 3 is 2.50 bits per heavy atom. The second-order valence-corrected chi connectivity index (χ2v) is 5.29. The molecule has 1 aromatic rings. The van der Waals surface area contributed by atoms with Crippen LogP contribution >= 0.6 is 0 Å². The van der Waals surface area contributed by atoms with Gasteiger partial charge in [0.05, 0.1) is 0 Å². The summed E-state index contributed by atoms with van der Waals surface area (Å²) >= 11 is 0. The van der Waals surface area contributed by atoms with E-state index in [9.17, 15) is 0 Å². The molecule has 1 aliphatic heterocycles. The molecule has 0 radical (unpaired) electrons. The van der Waals surface area contributed by atoms with Gasteiger partial charge in [0, 0.05) is 25.2 Å². The number of likely N-dealkylation sites (tertiary alicyclic amines) is 1. The van der Waals surface area contributed by atoms with Gasteiger partial charge in [0.15, 0.2) is 0 Å². The molecule has 0 aromatic heterocycles. The third-order valence-corrected chi connectivity index (χ3v) is 4.23. The molecule has 18 heavy (non-hydrogen) atoms. The minimum absolute atomic E-state index is 0.592. The Morgan fingerprint density at radius 2 is 2.00 bits per heavy atom. The first-order chi connectivity index (χ1) is 8.78. The second kappa shape index (κ2) is 6.35. The highest BCUT2D eigenvalue weighted by Crippen LogP contribution is 2.28. The Hall–Kier alpha value is -0.860. The fourth-order valence-corrected chi connectivity index (χ4v) is 2.99. The van der Waals surface area contributed by atoms with Gasteiger partial charge in [-0.15, -0.1) is 0 Å². The molecule has 1 heterocycles. The van der Waals surface area contributed by atoms with Crippen LogP contribution in [0.1, 0.15) is 43.9 Å². The fraction of sp³-hybridized carbons (Fsp3) is 0.625. The average Bonchev–Trinajstić information content (AvgIpc) is 2.89. The zero-order valence-corrected chi connectivity index (χ0v) is 11.9. The Kier molecular flexibility index (Phi) is 4.79. The summed E-state index contributed by atoms with van der Waals surface area (Å²) in [7, 11) is 2.07. The van der Waals surface area contributed by atoms with E-state index in [0.29, 0.717) is 12.1 Å². The minimum atomic E-state index is 0.592. The number of hydrogen-bond donors (Lipinski definition) is 1. The van der Waals surface area contributed by atoms with Gasteiger partial charge in [-0.05, 0) is 37.4 Å². The first-order valence-electron chi connectivity index (χ1n) is 7.28. The maximum absolute atomic E-state index is 3.40. The van der Waals surface area contributed by atoms with Crippen molar-refractivity contribution in [1.29, 1.82) is 0 Å². The maximum Gasteiger partial charge on any atom is 0.0346 e. The molecule has 2 atom stereocenters. The molecule has 2 unspecified atom stereocenters. The van der Waals surface area contributed by atoms with Crippen molar-refractivity contribution in [3.63, 3.8) is 0 Å². The van der Waals surface area contributed by atoms with Crippen molar-refractivity contribution in [2.45, 2.75) is 45.2 Å². The van der Waals surface area contributed by atoms with E-state index in [1.54, 1.807) is 0 Å². The molecule has 2 rings (SSSR count). The van der Waals surface area contributed by atoms with Crippen molar-refractivity contribution >= 4 is 0 Å². The predicted molar refractivity (Wildman–Crippen MR) is 77.9 cm³/mol. The SMILES string of the molecule is CCc1ccc(C(CC)N2CCC(NC)C2)cc1. The summed E-state index contributed by atoms with van der Waals surface area (Å²) in [5, 5.41) is 3.40. The standard InChI is InChI=1S/C16H26N2/c1-4-13-6-8-14(9-7-13)16(5-2)18-11-10-15(12-18)17-3/h6-9,15-17H,4-5,10-12H2,1-3H3. The third-order valence-electron chi connectivity index (χ3n) is 4.23. The molecule has 0 aliphatic carbocycles. The predicted octanol–water partition coefficient (Wildman–Crippen LogP) is 2.99. The molecule has 1 aliphatic rings. The van der Waals surface area contributed by atoms with E-state index < -0.39 is 0 Å². The van der Waals surface area contributed by atoms with Crippen LogP contribution in [0, 0.1) is 0 Å². The number of hydrogen-bond acceptors (Lipinski definition) is 2. The first kappa shape index (κ1) is 13.6. The van der Waals surface area contributed by atoms with Gasteiger partial charge in [0.25, 0.3) is 0 Å². The van der Waals surface area contributed by atoms with E-state index in [1.807, 2.05) is 0 Å². The van der Waals surface area contributed by atoms with Gasteiger partial charge in [-0.3, -0.25) is 4.90 Å². The number of aryl methyl sites for hydroxylation is 1. The lowest BCUT2D eigenvalue weighted by molar-refractivity contribution is 0.234. The van der Waals surface area contributed by atoms with Crippen molar-refractivity contribution < 1.29 is 0 Å². The van der Waals surface area contributed by atoms with Crippen molar-refractivity contribution in [1.82, 2.24) is 10.2 Å². The van der Waals surface area contributed by atoms with Gasteiger partial charge in [-0.25, -0.2) is 0 Å². The molecule has 0 saturated carbocycles. The Morgan fingerprint density at radius 1 is 1.28 bits per heavy atom. The van der Waals surface area contributed by atoms with Crippen LogP contribution in [0.15, 0.2) is 24.3 Å². The van der Waals surface area contributed by atoms with E-state index in [0.717, 1.165) is 6.42 Å². The number of nitrogens with one attached hydrogen (secondary N) is 1. The van der Waals surface area contributed by atoms with Gasteiger partial charge in [-0.1, -0.05) is 38.1 Å². The summed E-state index contributed by atoms with van der Waals surface area (Å²) in [6.45, 7) is 6.92. The normalized spacial score (nSPS) is 22.3. The average molecular weight is 246 g/mol. The monoisotopic (exact) mass is 246 g/mol. The van der Waals surface area contributed by atoms with E-state index in [4.69, 9.17) is 0 Å². The molecule has 1 N–H and O–H groups in total. The molecule has 0 spiro atoms. The van der Waals surface area contributed by atoms with Crippen LogP contribution in [-0.4, -0.2) is 31.1 Å². The Bertz CT molecular complexity index is 358. The van der Waals surface area contributed by atoms with Crippen LogP contribution in [0.4, 0.5) is 0 Å². The molecule has 0 amide bonds. The van der Waals surface area contributed by atoms with Gasteiger partial charge >= 0.3 is 0 Å². The lowest BCUT2D eigenvalue weighted by Crippen LogP contribution is -2.31. The molecular formula is C16H26N2. The quantitative estimate of drug-likeness (QED) is 0.859. The lowest BCUT2D eigenvalue weighted by Gasteiger charge is -2.27. The van der Waals surface area contributed by atoms with E-state index in [-0.39, 0.29) is 0 Å². The summed E-state index contributed by atoms with van der Waals surface area (Å²) in [6, 6.07) is 10.5. The molecule has 100 valence electrons. The van der Waals surface area contributed by atoms with Crippen LogP contribution in [0.5, 0.6) is 0 Å². The lowest BCUT2D eigenvalue weighted by atomic mass is 10.0. The summed E-state index contributed by atoms with van der Waals surface area (Å²) in [5.74, 6) is 0. The van der Waals surface area contributed by atoms with Crippen molar-refractivity contribution in [2.75, 3.05) is 20.1 Å². The van der Waals surface area contributed by atoms with Gasteiger partial charge in [-0.2, -0.15) is 0 Å². The van der Waals surface area contributed by atoms with Crippen molar-refractivity contribution in [3.05, 3.63) is 35.4 Å². The van der Waals surface area contributed by atoms with E-state index in [1.165, 1.54) is 37.1 Å². The van der Waals surface area contributed by atoms with Crippen molar-refractivity contribution in [3.8, 4) is 0 Å². The summed E-state index contributed by atoms with van der Waals surface area (Å²) < 4.78 is 0. The molecule has 1 aromatic carbocycles. The third kappa shape index (κ3) is 2.93. The number of nitrogens with zero attached hydrogens (tertiary/aromatic N) is 1. The summed E-state index contributed by atoms with van der Waals surface area (Å²) in [6.07, 6.45) is 3.60. The number of rotatable bonds is 5. The van der Waals surface area contributed by atoms with Gasteiger partial charge in [0.1, 0.15) is 0 Å². The summed E-state index contributed by atoms with van der Waals surface area (Å²) in [5.41, 5.74) is 2.91. The van der Waals surface area contributed by atoms with Crippen LogP contribution in [-0.2, 0) is 6.42 Å². The number of likely N-dealkylation sites (N-methyl/N-ethyl adjacent to an activating group) is 1. The molecule has 0 bridgehead atoms. The van der Waals surface area contributed by atoms with Gasteiger partial charge in [0.2, 0.25) is 0 Å². The summed E-state index contributed by atoms with van der Waals surface area (Å²) in [4.78, 5) is 2.63. The fourth-order valence-electron chi connectivity index (χ4n) is 2.99. The highest BCUT2D eigenvalue weighted by molar-refractivity contribution is 5.25. The highest BCUT2D eigenvalue weighted by Gasteiger charge is 2.27. The molecule has 1 saturated heterocycles. The molecule has 1 fully saturated rings. The van der Waals surface area contributed by atoms with Crippen LogP contribution in [0.2, 0.25) is 0 Å². The van der Waals surface area contributed by atoms with Crippen LogP contribution in [0.3, 0.4) is 0 Å². The minimum Gasteiger partial charge on any atom is -0.316 e. The Balaban J connectivity index is 2.08. The second-order valence-electron chi connectivity index (χ2n) is 5.29. The molecule has 2 heteroatoms. The largest absolute Gasteiger partial charge is 0.316 e. The molecular weight excluding hydrogens is 220 g/mol. The van der Waals surface area contributed by atoms with Crippen LogP contribution < -0.4 is 5.32 Å². The van der Waals surface area contributed by atoms with Crippen LogP contribution in [0.25, 0.3) is 0 Å².